The highest BCUT2D eigenvalue weighted by atomic mass is 16.5. The molecule has 2 N–H and O–H groups in total. The number of nitrogens with zero attached hydrogens (tertiary/aromatic N) is 1. The molecule has 1 saturated heterocycles. The molecule has 0 amide bonds. The Morgan fingerprint density at radius 3 is 2.29 bits per heavy atom. The topological polar surface area (TPSA) is 120 Å². The summed E-state index contributed by atoms with van der Waals surface area (Å²) in [5, 5.41) is 7.00. The van der Waals surface area contributed by atoms with Crippen molar-refractivity contribution < 1.29 is 38.4 Å². The largest absolute Gasteiger partial charge is 0.493 e. The van der Waals surface area contributed by atoms with Gasteiger partial charge < -0.3 is 33.8 Å². The van der Waals surface area contributed by atoms with Crippen LogP contribution in [-0.2, 0) is 27.1 Å². The van der Waals surface area contributed by atoms with E-state index in [9.17, 15) is 9.59 Å². The summed E-state index contributed by atoms with van der Waals surface area (Å²) < 4.78 is 27.6. The van der Waals surface area contributed by atoms with Crippen LogP contribution >= 0.6 is 0 Å². The van der Waals surface area contributed by atoms with E-state index < -0.39 is 12.1 Å². The number of aliphatic hydroxyl groups is 1. The zero-order valence-electron chi connectivity index (χ0n) is 27.8. The van der Waals surface area contributed by atoms with Gasteiger partial charge in [0.05, 0.1) is 46.0 Å². The van der Waals surface area contributed by atoms with Crippen molar-refractivity contribution in [3.05, 3.63) is 46.3 Å². The first-order valence-electron chi connectivity index (χ1n) is 16.1. The monoisotopic (exact) mass is 626 g/mol. The average Bonchev–Trinajstić information content (AvgIpc) is 3.28. The lowest BCUT2D eigenvalue weighted by Crippen LogP contribution is -2.52. The number of rotatable bonds is 6. The van der Waals surface area contributed by atoms with Crippen LogP contribution in [0.25, 0.3) is 6.08 Å². The van der Waals surface area contributed by atoms with Crippen LogP contribution < -0.4 is 14.2 Å². The molecular weight excluding hydrogens is 576 g/mol. The molecule has 0 spiro atoms. The van der Waals surface area contributed by atoms with Gasteiger partial charge in [0.25, 0.3) is 0 Å². The number of benzene rings is 1. The van der Waals surface area contributed by atoms with Crippen LogP contribution in [0.15, 0.2) is 18.2 Å². The number of nitrogens with one attached hydrogen (secondary N) is 1. The van der Waals surface area contributed by atoms with Crippen molar-refractivity contribution in [2.75, 3.05) is 48.6 Å². The van der Waals surface area contributed by atoms with Crippen LogP contribution in [0.4, 0.5) is 0 Å². The minimum absolute atomic E-state index is 0.171. The Labute approximate surface area is 267 Å². The van der Waals surface area contributed by atoms with Crippen molar-refractivity contribution in [2.45, 2.75) is 70.9 Å². The van der Waals surface area contributed by atoms with Gasteiger partial charge in [-0.15, -0.1) is 0 Å². The number of aromatic amines is 1. The van der Waals surface area contributed by atoms with Crippen molar-refractivity contribution in [2.24, 2.45) is 17.8 Å². The third-order valence-electron chi connectivity index (χ3n) is 9.64. The number of carbonyl (C=O) groups is 2. The number of aliphatic hydroxyl groups excluding tert-OH is 1. The van der Waals surface area contributed by atoms with E-state index in [2.05, 4.69) is 22.0 Å². The van der Waals surface area contributed by atoms with Gasteiger partial charge in [-0.2, -0.15) is 0 Å². The van der Waals surface area contributed by atoms with E-state index in [4.69, 9.17) is 28.8 Å². The molecule has 3 heterocycles. The van der Waals surface area contributed by atoms with Gasteiger partial charge in [0, 0.05) is 31.6 Å². The highest BCUT2D eigenvalue weighted by Crippen LogP contribution is 2.50. The molecule has 4 aliphatic rings. The normalized spacial score (nSPS) is 24.8. The van der Waals surface area contributed by atoms with Crippen LogP contribution in [0.1, 0.15) is 84.9 Å². The zero-order valence-corrected chi connectivity index (χ0v) is 27.8. The van der Waals surface area contributed by atoms with E-state index in [0.717, 1.165) is 45.9 Å². The summed E-state index contributed by atoms with van der Waals surface area (Å²) in [6, 6.07) is 3.46. The molecule has 2 aliphatic carbocycles. The van der Waals surface area contributed by atoms with Gasteiger partial charge in [-0.05, 0) is 86.1 Å². The van der Waals surface area contributed by atoms with Gasteiger partial charge in [0.2, 0.25) is 5.75 Å². The fourth-order valence-electron chi connectivity index (χ4n) is 7.75. The lowest BCUT2D eigenvalue weighted by Gasteiger charge is -2.51. The van der Waals surface area contributed by atoms with E-state index in [1.54, 1.807) is 12.1 Å². The molecule has 5 unspecified atom stereocenters. The Balaban J connectivity index is 0.00000111. The van der Waals surface area contributed by atoms with Crippen molar-refractivity contribution in [3.8, 4) is 17.2 Å². The molecule has 10 nitrogen and oxygen atoms in total. The molecule has 1 saturated carbocycles. The average molecular weight is 627 g/mol. The molecular formula is C35H50N2O8. The molecule has 2 fully saturated rings. The molecule has 45 heavy (non-hydrogen) atoms. The minimum atomic E-state index is -0.478. The predicted octanol–water partition coefficient (Wildman–Crippen LogP) is 5.37. The molecule has 10 heteroatoms. The van der Waals surface area contributed by atoms with Crippen molar-refractivity contribution in [1.29, 1.82) is 0 Å². The Morgan fingerprint density at radius 2 is 1.64 bits per heavy atom. The van der Waals surface area contributed by atoms with Crippen LogP contribution in [0.5, 0.6) is 17.2 Å². The Morgan fingerprint density at radius 1 is 0.933 bits per heavy atom. The van der Waals surface area contributed by atoms with Gasteiger partial charge >= 0.3 is 11.9 Å². The van der Waals surface area contributed by atoms with Gasteiger partial charge in [0.1, 0.15) is 6.10 Å². The quantitative estimate of drug-likeness (QED) is 0.408. The first kappa shape index (κ1) is 34.4. The number of ether oxygens (including phenoxy) is 5. The maximum atomic E-state index is 13.3. The number of allylic oxidation sites excluding steroid dienone is 1. The molecule has 0 radical (unpaired) electrons. The smallest absolute Gasteiger partial charge is 0.338 e. The third-order valence-corrected chi connectivity index (χ3v) is 9.64. The second kappa shape index (κ2) is 15.7. The molecule has 0 bridgehead atoms. The zero-order chi connectivity index (χ0) is 32.7. The molecule has 1 aromatic carbocycles. The highest BCUT2D eigenvalue weighted by molar-refractivity contribution is 5.91. The molecule has 5 atom stereocenters. The summed E-state index contributed by atoms with van der Waals surface area (Å²) in [6.07, 6.45) is 10.7. The Hall–Kier alpha value is -3.50. The second-order valence-electron chi connectivity index (χ2n) is 11.7. The molecule has 248 valence electrons. The summed E-state index contributed by atoms with van der Waals surface area (Å²) in [5.74, 6) is 0.562. The summed E-state index contributed by atoms with van der Waals surface area (Å²) >= 11 is 0. The first-order valence-corrected chi connectivity index (χ1v) is 16.1. The number of esters is 2. The lowest BCUT2D eigenvalue weighted by atomic mass is 9.65. The Kier molecular flexibility index (Phi) is 12.0. The van der Waals surface area contributed by atoms with Gasteiger partial charge in [-0.1, -0.05) is 19.9 Å². The molecule has 6 rings (SSSR count). The SMILES string of the molecule is CC.CO.COC(=O)C1CC(OC(=O)c2cc(OC)c(OC)c(OC)c2)CC2CN3CCc4c([nH]c5c4CCCC=C5)C3CC21. The Bertz CT molecular complexity index is 1330. The van der Waals surface area contributed by atoms with Crippen molar-refractivity contribution >= 4 is 18.0 Å². The number of methoxy groups -OCH3 is 4. The number of hydrogen-bond acceptors (Lipinski definition) is 9. The fraction of sp³-hybridized carbons (Fsp3) is 0.600. The van der Waals surface area contributed by atoms with Crippen molar-refractivity contribution in [3.63, 3.8) is 0 Å². The molecule has 1 aromatic heterocycles. The van der Waals surface area contributed by atoms with Crippen LogP contribution in [0.3, 0.4) is 0 Å². The second-order valence-corrected chi connectivity index (χ2v) is 11.7. The minimum Gasteiger partial charge on any atom is -0.493 e. The lowest BCUT2D eigenvalue weighted by molar-refractivity contribution is -0.155. The van der Waals surface area contributed by atoms with E-state index in [-0.39, 0.29) is 29.8 Å². The summed E-state index contributed by atoms with van der Waals surface area (Å²) in [4.78, 5) is 32.8. The van der Waals surface area contributed by atoms with Gasteiger partial charge in [-0.3, -0.25) is 9.69 Å². The fourth-order valence-corrected chi connectivity index (χ4v) is 7.75. The third kappa shape index (κ3) is 6.87. The summed E-state index contributed by atoms with van der Waals surface area (Å²) in [7, 11) is 6.99. The predicted molar refractivity (Wildman–Crippen MR) is 172 cm³/mol. The summed E-state index contributed by atoms with van der Waals surface area (Å²) in [6.45, 7) is 5.88. The summed E-state index contributed by atoms with van der Waals surface area (Å²) in [5.41, 5.74) is 5.90. The van der Waals surface area contributed by atoms with Gasteiger partial charge in [-0.25, -0.2) is 4.79 Å². The van der Waals surface area contributed by atoms with E-state index in [1.165, 1.54) is 57.4 Å². The highest BCUT2D eigenvalue weighted by Gasteiger charge is 2.49. The number of hydrogen-bond donors (Lipinski definition) is 2. The van der Waals surface area contributed by atoms with E-state index >= 15 is 0 Å². The first-order chi connectivity index (χ1) is 21.9. The van der Waals surface area contributed by atoms with Crippen LogP contribution in [0.2, 0.25) is 0 Å². The number of aromatic nitrogens is 1. The number of piperidine rings is 1. The van der Waals surface area contributed by atoms with Crippen LogP contribution in [0, 0.1) is 17.8 Å². The standard InChI is InChI=1S/C32H40N2O7.C2H6.CH4O/c1-37-27-13-18(14-28(38-2)30(27)39-3)31(35)41-20-12-19-17-34-11-10-22-21-8-6-5-7-9-25(21)33-29(22)26(34)16-23(19)24(15-20)32(36)40-4;2*1-2/h7,9,13-14,19-20,23-24,26,33H,5-6,8,10-12,15-17H2,1-4H3;1-2H3;2H,1H3. The number of carbonyl (C=O) groups excluding carboxylic acids is 2. The van der Waals surface area contributed by atoms with Gasteiger partial charge in [0.15, 0.2) is 11.5 Å². The van der Waals surface area contributed by atoms with Crippen molar-refractivity contribution in [1.82, 2.24) is 9.88 Å². The number of H-pyrrole nitrogens is 1. The maximum absolute atomic E-state index is 13.3. The van der Waals surface area contributed by atoms with E-state index in [1.807, 2.05) is 13.8 Å². The number of fused-ring (bicyclic) bond motifs is 6. The molecule has 2 aromatic rings. The molecule has 2 aliphatic heterocycles. The maximum Gasteiger partial charge on any atom is 0.338 e. The van der Waals surface area contributed by atoms with E-state index in [0.29, 0.717) is 35.7 Å². The van der Waals surface area contributed by atoms with Crippen LogP contribution in [-0.4, -0.2) is 81.7 Å².